The van der Waals surface area contributed by atoms with Gasteiger partial charge in [0.2, 0.25) is 10.0 Å². The standard InChI is InChI=1S/C6H10BrN3O2S/c1-9(13(2,11)12)5-10-4-6(7)3-8-10/h3-4H,5H2,1-2H3. The van der Waals surface area contributed by atoms with Crippen LogP contribution in [0.5, 0.6) is 0 Å². The molecule has 1 heterocycles. The highest BCUT2D eigenvalue weighted by Crippen LogP contribution is 2.07. The lowest BCUT2D eigenvalue weighted by Crippen LogP contribution is -2.28. The van der Waals surface area contributed by atoms with E-state index in [1.807, 2.05) is 0 Å². The minimum absolute atomic E-state index is 0.227. The molecule has 1 rings (SSSR count). The first kappa shape index (κ1) is 10.7. The third-order valence-electron chi connectivity index (χ3n) is 1.51. The summed E-state index contributed by atoms with van der Waals surface area (Å²) < 4.78 is 25.6. The third kappa shape index (κ3) is 3.09. The van der Waals surface area contributed by atoms with Crippen LogP contribution in [0.25, 0.3) is 0 Å². The molecule has 74 valence electrons. The summed E-state index contributed by atoms with van der Waals surface area (Å²) in [7, 11) is -1.63. The van der Waals surface area contributed by atoms with E-state index in [0.717, 1.165) is 10.7 Å². The lowest BCUT2D eigenvalue weighted by Gasteiger charge is -2.13. The van der Waals surface area contributed by atoms with Gasteiger partial charge in [-0.15, -0.1) is 0 Å². The molecule has 0 spiro atoms. The molecule has 0 aliphatic heterocycles. The van der Waals surface area contributed by atoms with Crippen molar-refractivity contribution in [2.75, 3.05) is 13.3 Å². The van der Waals surface area contributed by atoms with Crippen LogP contribution < -0.4 is 0 Å². The number of hydrogen-bond acceptors (Lipinski definition) is 3. The van der Waals surface area contributed by atoms with E-state index in [2.05, 4.69) is 21.0 Å². The summed E-state index contributed by atoms with van der Waals surface area (Å²) >= 11 is 3.22. The van der Waals surface area contributed by atoms with Crippen LogP contribution in [-0.2, 0) is 16.7 Å². The summed E-state index contributed by atoms with van der Waals surface area (Å²) in [6.45, 7) is 0.227. The van der Waals surface area contributed by atoms with E-state index in [-0.39, 0.29) is 6.67 Å². The molecular formula is C6H10BrN3O2S. The van der Waals surface area contributed by atoms with Crippen LogP contribution in [0.15, 0.2) is 16.9 Å². The lowest BCUT2D eigenvalue weighted by atomic mass is 10.7. The number of halogens is 1. The third-order valence-corrected chi connectivity index (χ3v) is 3.17. The van der Waals surface area contributed by atoms with Crippen molar-refractivity contribution in [3.63, 3.8) is 0 Å². The second kappa shape index (κ2) is 3.77. The smallest absolute Gasteiger partial charge is 0.212 e. The summed E-state index contributed by atoms with van der Waals surface area (Å²) in [6.07, 6.45) is 4.48. The molecule has 5 nitrogen and oxygen atoms in total. The van der Waals surface area contributed by atoms with Gasteiger partial charge >= 0.3 is 0 Å². The van der Waals surface area contributed by atoms with E-state index in [1.54, 1.807) is 12.4 Å². The lowest BCUT2D eigenvalue weighted by molar-refractivity contribution is 0.379. The summed E-state index contributed by atoms with van der Waals surface area (Å²) in [5.74, 6) is 0. The van der Waals surface area contributed by atoms with Gasteiger partial charge in [0.25, 0.3) is 0 Å². The number of nitrogens with zero attached hydrogens (tertiary/aromatic N) is 3. The maximum atomic E-state index is 11.0. The largest absolute Gasteiger partial charge is 0.256 e. The van der Waals surface area contributed by atoms with Crippen molar-refractivity contribution in [3.8, 4) is 0 Å². The van der Waals surface area contributed by atoms with E-state index in [9.17, 15) is 8.42 Å². The van der Waals surface area contributed by atoms with Gasteiger partial charge < -0.3 is 0 Å². The van der Waals surface area contributed by atoms with Crippen LogP contribution in [0, 0.1) is 0 Å². The van der Waals surface area contributed by atoms with Crippen molar-refractivity contribution in [2.45, 2.75) is 6.67 Å². The number of aromatic nitrogens is 2. The van der Waals surface area contributed by atoms with Gasteiger partial charge in [-0.25, -0.2) is 8.42 Å². The zero-order chi connectivity index (χ0) is 10.1. The van der Waals surface area contributed by atoms with Crippen LogP contribution in [0.3, 0.4) is 0 Å². The van der Waals surface area contributed by atoms with Gasteiger partial charge in [-0.05, 0) is 15.9 Å². The van der Waals surface area contributed by atoms with Crippen molar-refractivity contribution in [1.82, 2.24) is 14.1 Å². The van der Waals surface area contributed by atoms with Crippen molar-refractivity contribution in [2.24, 2.45) is 0 Å². The molecule has 0 aliphatic rings. The van der Waals surface area contributed by atoms with E-state index >= 15 is 0 Å². The molecule has 0 aliphatic carbocycles. The fourth-order valence-electron chi connectivity index (χ4n) is 0.725. The zero-order valence-corrected chi connectivity index (χ0v) is 9.71. The molecule has 0 bridgehead atoms. The number of sulfonamides is 1. The average molecular weight is 268 g/mol. The highest BCUT2D eigenvalue weighted by molar-refractivity contribution is 9.10. The second-order valence-electron chi connectivity index (χ2n) is 2.70. The molecule has 0 amide bonds. The van der Waals surface area contributed by atoms with Crippen molar-refractivity contribution in [1.29, 1.82) is 0 Å². The van der Waals surface area contributed by atoms with Crippen LogP contribution in [0.4, 0.5) is 0 Å². The second-order valence-corrected chi connectivity index (χ2v) is 5.71. The molecule has 0 aromatic carbocycles. The zero-order valence-electron chi connectivity index (χ0n) is 7.31. The van der Waals surface area contributed by atoms with Gasteiger partial charge in [-0.1, -0.05) is 0 Å². The fraction of sp³-hybridized carbons (Fsp3) is 0.500. The van der Waals surface area contributed by atoms with Gasteiger partial charge in [-0.3, -0.25) is 4.68 Å². The van der Waals surface area contributed by atoms with Crippen LogP contribution in [-0.4, -0.2) is 35.8 Å². The molecule has 1 aromatic rings. The number of rotatable bonds is 3. The highest BCUT2D eigenvalue weighted by Gasteiger charge is 2.11. The van der Waals surface area contributed by atoms with E-state index in [1.165, 1.54) is 16.0 Å². The Morgan fingerprint density at radius 2 is 2.31 bits per heavy atom. The summed E-state index contributed by atoms with van der Waals surface area (Å²) in [5, 5.41) is 3.93. The predicted octanol–water partition coefficient (Wildman–Crippen LogP) is 0.495. The normalized spacial score (nSPS) is 12.3. The SMILES string of the molecule is CN(Cn1cc(Br)cn1)S(C)(=O)=O. The molecule has 0 N–H and O–H groups in total. The minimum atomic E-state index is -3.13. The Balaban J connectivity index is 2.71. The monoisotopic (exact) mass is 267 g/mol. The maximum Gasteiger partial charge on any atom is 0.212 e. The van der Waals surface area contributed by atoms with Crippen molar-refractivity contribution >= 4 is 26.0 Å². The van der Waals surface area contributed by atoms with E-state index in [0.29, 0.717) is 0 Å². The van der Waals surface area contributed by atoms with E-state index in [4.69, 9.17) is 0 Å². The first-order valence-corrected chi connectivity index (χ1v) is 6.13. The predicted molar refractivity (Wildman–Crippen MR) is 52.5 cm³/mol. The van der Waals surface area contributed by atoms with E-state index < -0.39 is 10.0 Å². The molecular weight excluding hydrogens is 258 g/mol. The van der Waals surface area contributed by atoms with Crippen LogP contribution in [0.1, 0.15) is 0 Å². The average Bonchev–Trinajstić information content (AvgIpc) is 2.33. The first-order valence-electron chi connectivity index (χ1n) is 3.49. The Bertz CT molecular complexity index is 386. The van der Waals surface area contributed by atoms with Gasteiger partial charge in [0.1, 0.15) is 6.67 Å². The quantitative estimate of drug-likeness (QED) is 0.801. The summed E-state index contributed by atoms with van der Waals surface area (Å²) in [6, 6.07) is 0. The van der Waals surface area contributed by atoms with Gasteiger partial charge in [0, 0.05) is 13.2 Å². The Morgan fingerprint density at radius 1 is 1.69 bits per heavy atom. The Labute approximate surface area is 85.5 Å². The molecule has 7 heteroatoms. The molecule has 0 saturated carbocycles. The summed E-state index contributed by atoms with van der Waals surface area (Å²) in [5.41, 5.74) is 0. The van der Waals surface area contributed by atoms with Crippen molar-refractivity contribution < 1.29 is 8.42 Å². The molecule has 0 fully saturated rings. The van der Waals surface area contributed by atoms with Crippen molar-refractivity contribution in [3.05, 3.63) is 16.9 Å². The maximum absolute atomic E-state index is 11.0. The van der Waals surface area contributed by atoms with Crippen LogP contribution in [0.2, 0.25) is 0 Å². The molecule has 0 unspecified atom stereocenters. The fourth-order valence-corrected chi connectivity index (χ4v) is 1.38. The highest BCUT2D eigenvalue weighted by atomic mass is 79.9. The first-order chi connectivity index (χ1) is 5.89. The van der Waals surface area contributed by atoms with Gasteiger partial charge in [-0.2, -0.15) is 9.40 Å². The Hall–Kier alpha value is -0.400. The van der Waals surface area contributed by atoms with Gasteiger partial charge in [0.15, 0.2) is 0 Å². The van der Waals surface area contributed by atoms with Gasteiger partial charge in [0.05, 0.1) is 16.9 Å². The molecule has 0 radical (unpaired) electrons. The summed E-state index contributed by atoms with van der Waals surface area (Å²) in [4.78, 5) is 0. The molecule has 1 aromatic heterocycles. The Kier molecular flexibility index (Phi) is 3.09. The Morgan fingerprint density at radius 3 is 2.69 bits per heavy atom. The minimum Gasteiger partial charge on any atom is -0.256 e. The number of hydrogen-bond donors (Lipinski definition) is 0. The molecule has 0 atom stereocenters. The topological polar surface area (TPSA) is 55.2 Å². The van der Waals surface area contributed by atoms with Crippen LogP contribution >= 0.6 is 15.9 Å². The molecule has 0 saturated heterocycles. The molecule has 13 heavy (non-hydrogen) atoms.